The number of β-amino-alcohol motifs (C(OH)–C–C–N with tert-alkyl or cyclic N) is 2. The lowest BCUT2D eigenvalue weighted by atomic mass is 10.1. The number of aliphatic carboxylic acids is 2. The Morgan fingerprint density at radius 1 is 0.750 bits per heavy atom. The number of carboxylic acid groups (broad SMARTS) is 2. The van der Waals surface area contributed by atoms with E-state index in [2.05, 4.69) is 0 Å². The third-order valence-corrected chi connectivity index (χ3v) is 8.14. The SMILES string of the molecule is O=C(O)CC1SC(c2ccc(C3SC(CC(=O)O)C(=O)N3CCO)cc2)N(CCO)C1=O. The summed E-state index contributed by atoms with van der Waals surface area (Å²) < 4.78 is 0. The van der Waals surface area contributed by atoms with Crippen LogP contribution in [0.15, 0.2) is 24.3 Å². The fourth-order valence-corrected chi connectivity index (χ4v) is 6.72. The summed E-state index contributed by atoms with van der Waals surface area (Å²) >= 11 is 2.44. The van der Waals surface area contributed by atoms with Crippen LogP contribution in [-0.4, -0.2) is 90.8 Å². The van der Waals surface area contributed by atoms with Crippen LogP contribution < -0.4 is 0 Å². The van der Waals surface area contributed by atoms with Crippen LogP contribution in [0.3, 0.4) is 0 Å². The van der Waals surface area contributed by atoms with Gasteiger partial charge < -0.3 is 30.2 Å². The zero-order valence-electron chi connectivity index (χ0n) is 17.0. The molecule has 0 aromatic heterocycles. The van der Waals surface area contributed by atoms with Crippen LogP contribution in [0.1, 0.15) is 34.7 Å². The van der Waals surface area contributed by atoms with Crippen molar-refractivity contribution in [2.75, 3.05) is 26.3 Å². The van der Waals surface area contributed by atoms with Crippen molar-refractivity contribution in [3.8, 4) is 0 Å². The average molecular weight is 485 g/mol. The van der Waals surface area contributed by atoms with Gasteiger partial charge >= 0.3 is 11.9 Å². The first kappa shape index (κ1) is 24.4. The van der Waals surface area contributed by atoms with E-state index in [0.717, 1.165) is 11.1 Å². The molecule has 2 heterocycles. The lowest BCUT2D eigenvalue weighted by Crippen LogP contribution is -2.34. The summed E-state index contributed by atoms with van der Waals surface area (Å²) in [5.41, 5.74) is 1.50. The van der Waals surface area contributed by atoms with E-state index in [9.17, 15) is 29.4 Å². The van der Waals surface area contributed by atoms with E-state index in [1.54, 1.807) is 24.3 Å². The summed E-state index contributed by atoms with van der Waals surface area (Å²) in [6.07, 6.45) is -0.607. The minimum atomic E-state index is -1.07. The summed E-state index contributed by atoms with van der Waals surface area (Å²) in [5.74, 6) is -2.80. The molecule has 2 amide bonds. The number of carbonyl (C=O) groups excluding carboxylic acids is 2. The molecule has 10 nitrogen and oxygen atoms in total. The van der Waals surface area contributed by atoms with Gasteiger partial charge in [0.05, 0.1) is 36.6 Å². The normalized spacial score (nSPS) is 25.6. The molecule has 0 saturated carbocycles. The van der Waals surface area contributed by atoms with Crippen LogP contribution in [0.4, 0.5) is 0 Å². The van der Waals surface area contributed by atoms with Crippen molar-refractivity contribution in [2.45, 2.75) is 34.1 Å². The highest BCUT2D eigenvalue weighted by Gasteiger charge is 2.43. The quantitative estimate of drug-likeness (QED) is 0.369. The summed E-state index contributed by atoms with van der Waals surface area (Å²) in [7, 11) is 0. The summed E-state index contributed by atoms with van der Waals surface area (Å²) in [6, 6.07) is 7.11. The number of hydrogen-bond donors (Lipinski definition) is 4. The van der Waals surface area contributed by atoms with Crippen molar-refractivity contribution in [1.82, 2.24) is 9.80 Å². The van der Waals surface area contributed by atoms with Crippen LogP contribution in [0.25, 0.3) is 0 Å². The Bertz CT molecular complexity index is 810. The standard InChI is InChI=1S/C20H24N2O8S2/c23-7-5-21-17(29)13(9-15(25)26)31-19(21)11-1-2-12(4-3-11)20-22(6-8-24)18(30)14(32-20)10-16(27)28/h1-4,13-14,19-20,23-24H,5-10H2,(H,25,26)(H,27,28). The average Bonchev–Trinajstić information content (AvgIpc) is 3.20. The Morgan fingerprint density at radius 2 is 1.09 bits per heavy atom. The highest BCUT2D eigenvalue weighted by atomic mass is 32.2. The summed E-state index contributed by atoms with van der Waals surface area (Å²) in [4.78, 5) is 50.2. The second-order valence-electron chi connectivity index (χ2n) is 7.33. The van der Waals surface area contributed by atoms with Gasteiger partial charge in [-0.3, -0.25) is 19.2 Å². The molecule has 0 spiro atoms. The molecule has 1 aromatic rings. The Balaban J connectivity index is 1.81. The lowest BCUT2D eigenvalue weighted by molar-refractivity contribution is -0.140. The number of nitrogens with zero attached hydrogens (tertiary/aromatic N) is 2. The zero-order chi connectivity index (χ0) is 23.4. The highest BCUT2D eigenvalue weighted by molar-refractivity contribution is 8.01. The van der Waals surface area contributed by atoms with Gasteiger partial charge in [0, 0.05) is 13.1 Å². The second-order valence-corrected chi connectivity index (χ2v) is 9.90. The van der Waals surface area contributed by atoms with Crippen LogP contribution in [-0.2, 0) is 19.2 Å². The number of aliphatic hydroxyl groups is 2. The highest BCUT2D eigenvalue weighted by Crippen LogP contribution is 2.46. The first-order valence-corrected chi connectivity index (χ1v) is 11.8. The molecule has 174 valence electrons. The second kappa shape index (κ2) is 10.6. The number of benzene rings is 1. The fraction of sp³-hybridized carbons (Fsp3) is 0.500. The van der Waals surface area contributed by atoms with Crippen molar-refractivity contribution in [3.63, 3.8) is 0 Å². The molecule has 0 bridgehead atoms. The van der Waals surface area contributed by atoms with Gasteiger partial charge in [0.2, 0.25) is 11.8 Å². The number of amides is 2. The molecule has 0 aliphatic carbocycles. The minimum absolute atomic E-state index is 0.0858. The Morgan fingerprint density at radius 3 is 1.38 bits per heavy atom. The minimum Gasteiger partial charge on any atom is -0.481 e. The topological polar surface area (TPSA) is 156 Å². The maximum absolute atomic E-state index is 12.6. The van der Waals surface area contributed by atoms with E-state index in [-0.39, 0.29) is 51.0 Å². The molecule has 32 heavy (non-hydrogen) atoms. The largest absolute Gasteiger partial charge is 0.481 e. The maximum Gasteiger partial charge on any atom is 0.305 e. The third-order valence-electron chi connectivity index (χ3n) is 5.18. The van der Waals surface area contributed by atoms with Gasteiger partial charge in [-0.25, -0.2) is 0 Å². The molecule has 3 rings (SSSR count). The van der Waals surface area contributed by atoms with Crippen LogP contribution >= 0.6 is 23.5 Å². The molecular weight excluding hydrogens is 460 g/mol. The van der Waals surface area contributed by atoms with Gasteiger partial charge in [0.25, 0.3) is 0 Å². The Labute approximate surface area is 192 Å². The number of thioether (sulfide) groups is 2. The van der Waals surface area contributed by atoms with Crippen molar-refractivity contribution in [1.29, 1.82) is 0 Å². The van der Waals surface area contributed by atoms with E-state index in [1.807, 2.05) is 0 Å². The molecule has 2 aliphatic heterocycles. The molecule has 4 N–H and O–H groups in total. The van der Waals surface area contributed by atoms with Gasteiger partial charge in [0.1, 0.15) is 10.7 Å². The van der Waals surface area contributed by atoms with Crippen molar-refractivity contribution in [2.24, 2.45) is 0 Å². The van der Waals surface area contributed by atoms with Gasteiger partial charge in [0.15, 0.2) is 0 Å². The van der Waals surface area contributed by atoms with E-state index in [0.29, 0.717) is 0 Å². The molecule has 4 atom stereocenters. The molecule has 2 aliphatic rings. The van der Waals surface area contributed by atoms with E-state index in [1.165, 1.54) is 33.3 Å². The fourth-order valence-electron chi connectivity index (χ4n) is 3.78. The Kier molecular flexibility index (Phi) is 8.04. The van der Waals surface area contributed by atoms with Crippen LogP contribution in [0.5, 0.6) is 0 Å². The number of rotatable bonds is 10. The maximum atomic E-state index is 12.6. The predicted octanol–water partition coefficient (Wildman–Crippen LogP) is 0.506. The van der Waals surface area contributed by atoms with E-state index < -0.39 is 33.2 Å². The first-order valence-electron chi connectivity index (χ1n) is 9.93. The molecular formula is C20H24N2O8S2. The van der Waals surface area contributed by atoms with Crippen molar-refractivity contribution >= 4 is 47.3 Å². The van der Waals surface area contributed by atoms with E-state index in [4.69, 9.17) is 10.2 Å². The molecule has 2 fully saturated rings. The van der Waals surface area contributed by atoms with E-state index >= 15 is 0 Å². The zero-order valence-corrected chi connectivity index (χ0v) is 18.6. The molecule has 1 aromatic carbocycles. The summed E-state index contributed by atoms with van der Waals surface area (Å²) in [6.45, 7) is -0.323. The molecule has 2 saturated heterocycles. The summed E-state index contributed by atoms with van der Waals surface area (Å²) in [5, 5.41) is 34.4. The Hall–Kier alpha value is -2.28. The monoisotopic (exact) mass is 484 g/mol. The molecule has 4 unspecified atom stereocenters. The third kappa shape index (κ3) is 5.20. The smallest absolute Gasteiger partial charge is 0.305 e. The lowest BCUT2D eigenvalue weighted by Gasteiger charge is -2.25. The molecule has 12 heteroatoms. The number of aliphatic hydroxyl groups excluding tert-OH is 2. The van der Waals surface area contributed by atoms with Gasteiger partial charge in [-0.05, 0) is 11.1 Å². The first-order chi connectivity index (χ1) is 15.3. The number of carboxylic acids is 2. The van der Waals surface area contributed by atoms with Gasteiger partial charge in [-0.1, -0.05) is 24.3 Å². The van der Waals surface area contributed by atoms with Crippen molar-refractivity contribution < 1.29 is 39.6 Å². The molecule has 0 radical (unpaired) electrons. The number of carbonyl (C=O) groups is 4. The van der Waals surface area contributed by atoms with Gasteiger partial charge in [-0.15, -0.1) is 23.5 Å². The van der Waals surface area contributed by atoms with Crippen LogP contribution in [0.2, 0.25) is 0 Å². The van der Waals surface area contributed by atoms with Crippen molar-refractivity contribution in [3.05, 3.63) is 35.4 Å². The van der Waals surface area contributed by atoms with Gasteiger partial charge in [-0.2, -0.15) is 0 Å². The number of hydrogen-bond acceptors (Lipinski definition) is 8. The predicted molar refractivity (Wildman–Crippen MR) is 117 cm³/mol. The van der Waals surface area contributed by atoms with Crippen LogP contribution in [0, 0.1) is 0 Å².